The van der Waals surface area contributed by atoms with Gasteiger partial charge in [-0.3, -0.25) is 14.4 Å². The number of carbonyl (C=O) groups excluding carboxylic acids is 3. The number of benzene rings is 2. The monoisotopic (exact) mass is 673 g/mol. The van der Waals surface area contributed by atoms with Crippen LogP contribution in [0.4, 0.5) is 0 Å². The third-order valence-corrected chi connectivity index (χ3v) is 9.73. The van der Waals surface area contributed by atoms with Crippen molar-refractivity contribution < 1.29 is 19.5 Å². The molecule has 0 unspecified atom stereocenters. The average Bonchev–Trinajstić information content (AvgIpc) is 3.71. The molecule has 2 heterocycles. The zero-order chi connectivity index (χ0) is 34.0. The van der Waals surface area contributed by atoms with Gasteiger partial charge >= 0.3 is 0 Å². The highest BCUT2D eigenvalue weighted by atomic mass is 32.1. The second-order valence-corrected chi connectivity index (χ2v) is 14.3. The topological polar surface area (TPSA) is 146 Å². The van der Waals surface area contributed by atoms with E-state index in [4.69, 9.17) is 5.73 Å². The number of rotatable bonds is 14. The van der Waals surface area contributed by atoms with E-state index in [1.165, 1.54) is 16.9 Å². The Hall–Kier alpha value is -4.32. The quantitative estimate of drug-likeness (QED) is 0.0567. The van der Waals surface area contributed by atoms with Crippen LogP contribution < -0.4 is 21.8 Å². The summed E-state index contributed by atoms with van der Waals surface area (Å²) in [5, 5.41) is 22.7. The first-order chi connectivity index (χ1) is 22.5. The molecule has 9 nitrogen and oxygen atoms in total. The molecule has 47 heavy (non-hydrogen) atoms. The molecule has 0 bridgehead atoms. The highest BCUT2D eigenvalue weighted by Crippen LogP contribution is 2.39. The number of nitrogens with two attached hydrogens (primary N) is 1. The van der Waals surface area contributed by atoms with Crippen LogP contribution >= 0.6 is 22.7 Å². The van der Waals surface area contributed by atoms with Crippen LogP contribution in [0.1, 0.15) is 99.8 Å². The van der Waals surface area contributed by atoms with Crippen molar-refractivity contribution in [2.45, 2.75) is 65.3 Å². The summed E-state index contributed by atoms with van der Waals surface area (Å²) < 4.78 is 0. The fourth-order valence-electron chi connectivity index (χ4n) is 4.74. The number of thiophene rings is 2. The lowest BCUT2D eigenvalue weighted by Gasteiger charge is -2.19. The van der Waals surface area contributed by atoms with Gasteiger partial charge in [0.1, 0.15) is 5.75 Å². The molecule has 0 spiro atoms. The van der Waals surface area contributed by atoms with Crippen LogP contribution in [-0.2, 0) is 12.0 Å². The second-order valence-electron chi connectivity index (χ2n) is 12.3. The Morgan fingerprint density at radius 2 is 1.49 bits per heavy atom. The lowest BCUT2D eigenvalue weighted by Crippen LogP contribution is -2.24. The first-order valence-electron chi connectivity index (χ1n) is 15.7. The van der Waals surface area contributed by atoms with Crippen molar-refractivity contribution in [2.75, 3.05) is 13.1 Å². The Morgan fingerprint density at radius 1 is 0.830 bits per heavy atom. The predicted octanol–water partition coefficient (Wildman–Crippen LogP) is 6.81. The molecule has 0 aliphatic rings. The van der Waals surface area contributed by atoms with E-state index in [9.17, 15) is 19.5 Å². The summed E-state index contributed by atoms with van der Waals surface area (Å²) in [6.07, 6.45) is 4.03. The lowest BCUT2D eigenvalue weighted by molar-refractivity contribution is 0.0944. The molecule has 0 fully saturated rings. The molecular weight excluding hydrogens is 631 g/mol. The van der Waals surface area contributed by atoms with E-state index >= 15 is 0 Å². The fraction of sp³-hybridized carbons (Fsp3) is 0.333. The number of amides is 3. The average molecular weight is 674 g/mol. The minimum absolute atomic E-state index is 0.0364. The van der Waals surface area contributed by atoms with E-state index in [1.807, 2.05) is 17.5 Å². The van der Waals surface area contributed by atoms with Gasteiger partial charge < -0.3 is 21.5 Å². The first-order valence-corrected chi connectivity index (χ1v) is 17.4. The molecule has 6 N–H and O–H groups in total. The molecule has 0 atom stereocenters. The molecule has 4 rings (SSSR count). The van der Waals surface area contributed by atoms with E-state index in [1.54, 1.807) is 43.3 Å². The van der Waals surface area contributed by atoms with E-state index in [-0.39, 0.29) is 29.5 Å². The van der Waals surface area contributed by atoms with Crippen LogP contribution in [0.25, 0.3) is 10.4 Å². The Morgan fingerprint density at radius 3 is 2.15 bits per heavy atom. The van der Waals surface area contributed by atoms with Gasteiger partial charge in [0.15, 0.2) is 0 Å². The number of hydrogen-bond donors (Lipinski definition) is 5. The summed E-state index contributed by atoms with van der Waals surface area (Å²) in [6, 6.07) is 18.4. The van der Waals surface area contributed by atoms with Crippen molar-refractivity contribution in [2.24, 2.45) is 10.8 Å². The van der Waals surface area contributed by atoms with E-state index in [2.05, 4.69) is 54.1 Å². The Labute approximate surface area is 284 Å². The summed E-state index contributed by atoms with van der Waals surface area (Å²) in [7, 11) is 0. The van der Waals surface area contributed by atoms with Gasteiger partial charge in [0.25, 0.3) is 17.7 Å². The van der Waals surface area contributed by atoms with Crippen molar-refractivity contribution in [3.8, 4) is 16.2 Å². The van der Waals surface area contributed by atoms with Gasteiger partial charge in [-0.25, -0.2) is 5.43 Å². The fourth-order valence-corrected chi connectivity index (χ4v) is 6.56. The Bertz CT molecular complexity index is 1700. The summed E-state index contributed by atoms with van der Waals surface area (Å²) in [5.41, 5.74) is 12.6. The van der Waals surface area contributed by atoms with Crippen molar-refractivity contribution >= 4 is 46.1 Å². The van der Waals surface area contributed by atoms with Crippen molar-refractivity contribution in [3.05, 3.63) is 98.1 Å². The molecular formula is C36H43N5O4S2. The molecule has 0 saturated carbocycles. The standard InChI is InChI=1S/C36H43N5O4S2/c1-23(28-22-46-32(31(28)42)25-13-15-27(16-14-25)36(2,3)4)40-41-35(45)30-18-17-29(47-30)34(44)39-21-24-9-11-26(12-10-24)33(43)38-20-8-6-5-7-19-37/h9-18,22,42H,5-8,19-21,37H2,1-4H3,(H,38,43)(H,39,44)(H,41,45)/b40-23+. The number of aromatic hydroxyl groups is 1. The minimum Gasteiger partial charge on any atom is -0.506 e. The van der Waals surface area contributed by atoms with Gasteiger partial charge in [-0.1, -0.05) is 70.0 Å². The molecule has 4 aromatic rings. The van der Waals surface area contributed by atoms with E-state index < -0.39 is 5.91 Å². The van der Waals surface area contributed by atoms with Crippen LogP contribution in [0, 0.1) is 0 Å². The highest BCUT2D eigenvalue weighted by Gasteiger charge is 2.18. The molecule has 248 valence electrons. The molecule has 0 aliphatic carbocycles. The van der Waals surface area contributed by atoms with E-state index in [0.717, 1.165) is 53.0 Å². The molecule has 0 saturated heterocycles. The van der Waals surface area contributed by atoms with Crippen LogP contribution in [0.15, 0.2) is 71.1 Å². The summed E-state index contributed by atoms with van der Waals surface area (Å²) in [6.45, 7) is 9.78. The van der Waals surface area contributed by atoms with Crippen molar-refractivity contribution in [1.82, 2.24) is 16.1 Å². The molecule has 0 radical (unpaired) electrons. The zero-order valence-corrected chi connectivity index (χ0v) is 28.9. The van der Waals surface area contributed by atoms with E-state index in [0.29, 0.717) is 39.7 Å². The van der Waals surface area contributed by atoms with Crippen molar-refractivity contribution in [3.63, 3.8) is 0 Å². The maximum Gasteiger partial charge on any atom is 0.281 e. The number of nitrogens with one attached hydrogen (secondary N) is 3. The summed E-state index contributed by atoms with van der Waals surface area (Å²) in [5.74, 6) is -0.768. The van der Waals surface area contributed by atoms with Gasteiger partial charge in [0.05, 0.1) is 25.9 Å². The SMILES string of the molecule is C/C(=N\NC(=O)c1ccc(C(=O)NCc2ccc(C(=O)NCCCCCCN)cc2)s1)c1csc(-c2ccc(C(C)(C)C)cc2)c1O. The zero-order valence-electron chi connectivity index (χ0n) is 27.3. The summed E-state index contributed by atoms with van der Waals surface area (Å²) in [4.78, 5) is 39.4. The summed E-state index contributed by atoms with van der Waals surface area (Å²) >= 11 is 2.47. The number of unbranched alkanes of at least 4 members (excludes halogenated alkanes) is 3. The molecule has 0 aliphatic heterocycles. The molecule has 2 aromatic heterocycles. The van der Waals surface area contributed by atoms with Crippen LogP contribution in [0.5, 0.6) is 5.75 Å². The van der Waals surface area contributed by atoms with Gasteiger partial charge in [0.2, 0.25) is 0 Å². The third kappa shape index (κ3) is 9.84. The Balaban J connectivity index is 1.26. The molecule has 11 heteroatoms. The third-order valence-electron chi connectivity index (χ3n) is 7.63. The van der Waals surface area contributed by atoms with Gasteiger partial charge in [-0.05, 0) is 72.7 Å². The molecule has 3 amide bonds. The van der Waals surface area contributed by atoms with Crippen molar-refractivity contribution in [1.29, 1.82) is 0 Å². The smallest absolute Gasteiger partial charge is 0.281 e. The number of nitrogens with zero attached hydrogens (tertiary/aromatic N) is 1. The second kappa shape index (κ2) is 16.5. The minimum atomic E-state index is -0.453. The van der Waals surface area contributed by atoms with Crippen LogP contribution in [-0.4, -0.2) is 41.6 Å². The Kier molecular flexibility index (Phi) is 12.5. The number of hydrogen-bond acceptors (Lipinski definition) is 8. The number of hydrazone groups is 1. The maximum atomic E-state index is 12.8. The predicted molar refractivity (Wildman–Crippen MR) is 192 cm³/mol. The maximum absolute atomic E-state index is 12.8. The van der Waals surface area contributed by atoms with Crippen LogP contribution in [0.3, 0.4) is 0 Å². The van der Waals surface area contributed by atoms with Gasteiger partial charge in [-0.15, -0.1) is 22.7 Å². The molecule has 2 aromatic carbocycles. The normalized spacial score (nSPS) is 11.7. The van der Waals surface area contributed by atoms with Gasteiger partial charge in [-0.2, -0.15) is 5.10 Å². The lowest BCUT2D eigenvalue weighted by atomic mass is 9.86. The van der Waals surface area contributed by atoms with Crippen LogP contribution in [0.2, 0.25) is 0 Å². The van der Waals surface area contributed by atoms with Gasteiger partial charge in [0, 0.05) is 24.0 Å². The number of carbonyl (C=O) groups is 3. The first kappa shape index (κ1) is 35.5. The highest BCUT2D eigenvalue weighted by molar-refractivity contribution is 7.16. The largest absolute Gasteiger partial charge is 0.506 e.